The van der Waals surface area contributed by atoms with Gasteiger partial charge in [-0.25, -0.2) is 21.6 Å². The predicted octanol–water partition coefficient (Wildman–Crippen LogP) is 0.595. The van der Waals surface area contributed by atoms with Gasteiger partial charge in [0.2, 0.25) is 20.0 Å². The highest BCUT2D eigenvalue weighted by Gasteiger charge is 2.33. The molecule has 0 aromatic carbocycles. The van der Waals surface area contributed by atoms with Crippen LogP contribution in [0.25, 0.3) is 0 Å². The number of hydrogen-bond acceptors (Lipinski definition) is 4. The molecule has 1 rings (SSSR count). The van der Waals surface area contributed by atoms with Crippen LogP contribution in [0.15, 0.2) is 0 Å². The van der Waals surface area contributed by atoms with Gasteiger partial charge in [-0.05, 0) is 18.8 Å². The number of piperidine rings is 1. The van der Waals surface area contributed by atoms with Crippen molar-refractivity contribution in [2.45, 2.75) is 32.2 Å². The summed E-state index contributed by atoms with van der Waals surface area (Å²) < 4.78 is 50.9. The molecule has 20 heavy (non-hydrogen) atoms. The number of halogens is 1. The fraction of sp³-hybridized carbons (Fsp3) is 1.00. The lowest BCUT2D eigenvalue weighted by Gasteiger charge is -2.35. The minimum atomic E-state index is -3.40. The smallest absolute Gasteiger partial charge is 0.214 e. The second-order valence-corrected chi connectivity index (χ2v) is 9.53. The molecular formula is C11H23ClN2O4S2. The van der Waals surface area contributed by atoms with Crippen LogP contribution in [0.3, 0.4) is 0 Å². The molecule has 0 saturated carbocycles. The van der Waals surface area contributed by atoms with E-state index in [2.05, 4.69) is 4.72 Å². The first-order valence-corrected chi connectivity index (χ1v) is 10.7. The Balaban J connectivity index is 2.77. The number of hydrogen-bond donors (Lipinski definition) is 1. The average molecular weight is 347 g/mol. The molecule has 0 aromatic heterocycles. The zero-order valence-corrected chi connectivity index (χ0v) is 14.3. The molecule has 0 bridgehead atoms. The molecular weight excluding hydrogens is 324 g/mol. The highest BCUT2D eigenvalue weighted by molar-refractivity contribution is 7.89. The summed E-state index contributed by atoms with van der Waals surface area (Å²) >= 11 is 5.68. The van der Waals surface area contributed by atoms with Crippen LogP contribution in [0.1, 0.15) is 26.2 Å². The van der Waals surface area contributed by atoms with Crippen LogP contribution in [0.4, 0.5) is 0 Å². The van der Waals surface area contributed by atoms with E-state index in [-0.39, 0.29) is 24.3 Å². The molecule has 0 radical (unpaired) electrons. The maximum absolute atomic E-state index is 12.4. The van der Waals surface area contributed by atoms with Gasteiger partial charge in [0.1, 0.15) is 0 Å². The predicted molar refractivity (Wildman–Crippen MR) is 80.9 cm³/mol. The van der Waals surface area contributed by atoms with E-state index in [0.29, 0.717) is 18.8 Å². The molecule has 1 aliphatic rings. The first-order valence-electron chi connectivity index (χ1n) is 6.66. The first kappa shape index (κ1) is 18.2. The van der Waals surface area contributed by atoms with E-state index in [1.807, 2.05) is 0 Å². The summed E-state index contributed by atoms with van der Waals surface area (Å²) in [6.45, 7) is 2.37. The van der Waals surface area contributed by atoms with E-state index >= 15 is 0 Å². The molecule has 2 unspecified atom stereocenters. The third-order valence-corrected chi connectivity index (χ3v) is 6.67. The van der Waals surface area contributed by atoms with Crippen LogP contribution in [0, 0.1) is 5.92 Å². The fourth-order valence-corrected chi connectivity index (χ4v) is 5.10. The lowest BCUT2D eigenvalue weighted by molar-refractivity contribution is 0.252. The molecule has 1 heterocycles. The quantitative estimate of drug-likeness (QED) is 0.684. The van der Waals surface area contributed by atoms with Gasteiger partial charge in [-0.2, -0.15) is 4.31 Å². The second-order valence-electron chi connectivity index (χ2n) is 5.42. The molecule has 1 saturated heterocycles. The minimum absolute atomic E-state index is 0.00583. The van der Waals surface area contributed by atoms with Crippen molar-refractivity contribution in [3.63, 3.8) is 0 Å². The Hall–Kier alpha value is 0.110. The molecule has 0 spiro atoms. The summed E-state index contributed by atoms with van der Waals surface area (Å²) in [4.78, 5) is 0. The van der Waals surface area contributed by atoms with Crippen molar-refractivity contribution in [2.24, 2.45) is 5.92 Å². The standard InChI is InChI=1S/C11H23ClN2O4S2/c1-10(7-12)9-20(17,18)14-6-4-3-5-11(14)8-13-19(2,15)16/h10-11,13H,3-9H2,1-2H3. The largest absolute Gasteiger partial charge is 0.214 e. The Morgan fingerprint density at radius 3 is 2.50 bits per heavy atom. The third-order valence-electron chi connectivity index (χ3n) is 3.27. The van der Waals surface area contributed by atoms with Gasteiger partial charge in [-0.3, -0.25) is 0 Å². The molecule has 0 aliphatic carbocycles. The van der Waals surface area contributed by atoms with Crippen molar-refractivity contribution in [3.8, 4) is 0 Å². The number of nitrogens with zero attached hydrogens (tertiary/aromatic N) is 1. The Kier molecular flexibility index (Phi) is 6.72. The molecule has 1 N–H and O–H groups in total. The first-order chi connectivity index (χ1) is 9.15. The molecule has 0 aromatic rings. The molecule has 2 atom stereocenters. The van der Waals surface area contributed by atoms with Crippen molar-refractivity contribution in [1.82, 2.24) is 9.03 Å². The van der Waals surface area contributed by atoms with E-state index in [1.54, 1.807) is 6.92 Å². The molecule has 1 fully saturated rings. The summed E-state index contributed by atoms with van der Waals surface area (Å²) in [5.41, 5.74) is 0. The van der Waals surface area contributed by atoms with Gasteiger partial charge in [-0.1, -0.05) is 13.3 Å². The van der Waals surface area contributed by atoms with Crippen LogP contribution >= 0.6 is 11.6 Å². The van der Waals surface area contributed by atoms with Crippen LogP contribution in [-0.2, 0) is 20.0 Å². The van der Waals surface area contributed by atoms with Crippen LogP contribution in [0.2, 0.25) is 0 Å². The van der Waals surface area contributed by atoms with Crippen molar-refractivity contribution in [2.75, 3.05) is 31.0 Å². The van der Waals surface area contributed by atoms with E-state index in [0.717, 1.165) is 19.1 Å². The van der Waals surface area contributed by atoms with Gasteiger partial charge >= 0.3 is 0 Å². The second kappa shape index (κ2) is 7.40. The zero-order valence-electron chi connectivity index (χ0n) is 11.9. The molecule has 0 amide bonds. The van der Waals surface area contributed by atoms with Crippen LogP contribution < -0.4 is 4.72 Å². The lowest BCUT2D eigenvalue weighted by Crippen LogP contribution is -2.50. The van der Waals surface area contributed by atoms with Gasteiger partial charge in [0.05, 0.1) is 12.0 Å². The summed E-state index contributed by atoms with van der Waals surface area (Å²) in [5.74, 6) is 0.178. The van der Waals surface area contributed by atoms with Crippen LogP contribution in [-0.4, -0.2) is 58.2 Å². The molecule has 9 heteroatoms. The third kappa shape index (κ3) is 5.85. The Labute approximate surface area is 127 Å². The minimum Gasteiger partial charge on any atom is -0.214 e. The SMILES string of the molecule is CC(CCl)CS(=O)(=O)N1CCCCC1CNS(C)(=O)=O. The maximum atomic E-state index is 12.4. The molecule has 120 valence electrons. The monoisotopic (exact) mass is 346 g/mol. The van der Waals surface area contributed by atoms with Gasteiger partial charge in [-0.15, -0.1) is 11.6 Å². The highest BCUT2D eigenvalue weighted by Crippen LogP contribution is 2.22. The van der Waals surface area contributed by atoms with Crippen molar-refractivity contribution in [1.29, 1.82) is 0 Å². The number of nitrogens with one attached hydrogen (secondary N) is 1. The number of rotatable bonds is 7. The van der Waals surface area contributed by atoms with Crippen LogP contribution in [0.5, 0.6) is 0 Å². The topological polar surface area (TPSA) is 83.6 Å². The maximum Gasteiger partial charge on any atom is 0.214 e. The van der Waals surface area contributed by atoms with E-state index in [1.165, 1.54) is 4.31 Å². The van der Waals surface area contributed by atoms with Crippen molar-refractivity contribution >= 4 is 31.6 Å². The van der Waals surface area contributed by atoms with E-state index in [4.69, 9.17) is 11.6 Å². The summed E-state index contributed by atoms with van der Waals surface area (Å²) in [5, 5.41) is 0. The Morgan fingerprint density at radius 2 is 1.95 bits per heavy atom. The molecule has 6 nitrogen and oxygen atoms in total. The van der Waals surface area contributed by atoms with E-state index in [9.17, 15) is 16.8 Å². The van der Waals surface area contributed by atoms with Crippen molar-refractivity contribution in [3.05, 3.63) is 0 Å². The van der Waals surface area contributed by atoms with E-state index < -0.39 is 20.0 Å². The zero-order chi connectivity index (χ0) is 15.4. The fourth-order valence-electron chi connectivity index (χ4n) is 2.29. The highest BCUT2D eigenvalue weighted by atomic mass is 35.5. The Morgan fingerprint density at radius 1 is 1.30 bits per heavy atom. The van der Waals surface area contributed by atoms with Gasteiger partial charge in [0.15, 0.2) is 0 Å². The summed E-state index contributed by atoms with van der Waals surface area (Å²) in [6, 6.07) is -0.300. The summed E-state index contributed by atoms with van der Waals surface area (Å²) in [6.07, 6.45) is 3.47. The normalized spacial score (nSPS) is 23.6. The lowest BCUT2D eigenvalue weighted by atomic mass is 10.1. The van der Waals surface area contributed by atoms with Gasteiger partial charge < -0.3 is 0 Å². The Bertz CT molecular complexity index is 507. The average Bonchev–Trinajstić information content (AvgIpc) is 2.35. The summed E-state index contributed by atoms with van der Waals surface area (Å²) in [7, 11) is -6.71. The van der Waals surface area contributed by atoms with Gasteiger partial charge in [0, 0.05) is 25.0 Å². The number of sulfonamides is 2. The van der Waals surface area contributed by atoms with Crippen molar-refractivity contribution < 1.29 is 16.8 Å². The van der Waals surface area contributed by atoms with Gasteiger partial charge in [0.25, 0.3) is 0 Å². The number of alkyl halides is 1. The molecule has 1 aliphatic heterocycles.